The van der Waals surface area contributed by atoms with Crippen LogP contribution in [0.4, 0.5) is 0 Å². The molecule has 0 aromatic heterocycles. The molecule has 0 heterocycles. The first kappa shape index (κ1) is 25.4. The van der Waals surface area contributed by atoms with E-state index in [1.54, 1.807) is 0 Å². The Morgan fingerprint density at radius 3 is 0.613 bits per heavy atom. The smallest absolute Gasteiger partial charge is 0.0129 e. The van der Waals surface area contributed by atoms with Crippen molar-refractivity contribution in [3.05, 3.63) is 58.7 Å². The first-order valence-electron chi connectivity index (χ1n) is 11.5. The molecule has 0 saturated heterocycles. The molecule has 0 N–H and O–H groups in total. The van der Waals surface area contributed by atoms with Crippen molar-refractivity contribution >= 4 is 21.5 Å². The predicted octanol–water partition coefficient (Wildman–Crippen LogP) is 9.82. The normalized spacial score (nSPS) is 13.5. The topological polar surface area (TPSA) is 0 Å². The summed E-state index contributed by atoms with van der Waals surface area (Å²) in [6.07, 6.45) is 0. The Kier molecular flexibility index (Phi) is 6.27. The molecule has 0 nitrogen and oxygen atoms in total. The third kappa shape index (κ3) is 5.00. The largest absolute Gasteiger partial charge is 0.0776 e. The van der Waals surface area contributed by atoms with Crippen LogP contribution in [0.5, 0.6) is 0 Å². The van der Waals surface area contributed by atoms with Crippen LogP contribution in [0.3, 0.4) is 0 Å². The van der Waals surface area contributed by atoms with Gasteiger partial charge in [-0.3, -0.25) is 0 Å². The lowest BCUT2D eigenvalue weighted by Crippen LogP contribution is -2.22. The number of fused-ring (bicyclic) bond motifs is 2. The highest BCUT2D eigenvalue weighted by Gasteiger charge is 2.27. The molecule has 0 fully saturated rings. The van der Waals surface area contributed by atoms with Crippen LogP contribution in [0.2, 0.25) is 0 Å². The fourth-order valence-electron chi connectivity index (χ4n) is 4.58. The fourth-order valence-corrected chi connectivity index (χ4v) is 4.58. The molecule has 0 aliphatic rings. The average Bonchev–Trinajstić information content (AvgIpc) is 2.54. The molecule has 0 atom stereocenters. The first-order valence-corrected chi connectivity index (χ1v) is 11.5. The monoisotopic (exact) mass is 418 g/mol. The van der Waals surface area contributed by atoms with Crippen LogP contribution in [-0.2, 0) is 21.7 Å². The molecule has 31 heavy (non-hydrogen) atoms. The first-order chi connectivity index (χ1) is 13.4. The lowest BCUT2D eigenvalue weighted by Gasteiger charge is -2.32. The van der Waals surface area contributed by atoms with Gasteiger partial charge in [0, 0.05) is 0 Å². The van der Waals surface area contributed by atoms with Crippen molar-refractivity contribution in [1.82, 2.24) is 0 Å². The average molecular weight is 419 g/mol. The summed E-state index contributed by atoms with van der Waals surface area (Å²) in [6, 6.07) is 14.6. The third-order valence-corrected chi connectivity index (χ3v) is 6.30. The third-order valence-electron chi connectivity index (χ3n) is 6.30. The zero-order valence-corrected chi connectivity index (χ0v) is 21.5. The lowest BCUT2D eigenvalue weighted by molar-refractivity contribution is 0.531. The molecule has 0 radical (unpaired) electrons. The summed E-state index contributed by atoms with van der Waals surface area (Å²) in [5.41, 5.74) is 6.34. The molecular weight excluding hydrogens is 372 g/mol. The molecule has 170 valence electrons. The van der Waals surface area contributed by atoms with Crippen LogP contribution in [0.25, 0.3) is 21.5 Å². The van der Waals surface area contributed by atoms with E-state index >= 15 is 0 Å². The van der Waals surface area contributed by atoms with Gasteiger partial charge in [-0.15, -0.1) is 0 Å². The molecule has 0 bridgehead atoms. The Morgan fingerprint density at radius 2 is 0.484 bits per heavy atom. The van der Waals surface area contributed by atoms with Crippen LogP contribution in [0, 0.1) is 0 Å². The minimum absolute atomic E-state index is 0. The van der Waals surface area contributed by atoms with Gasteiger partial charge in [0.05, 0.1) is 0 Å². The van der Waals surface area contributed by atoms with Crippen LogP contribution in [0.15, 0.2) is 36.4 Å². The summed E-state index contributed by atoms with van der Waals surface area (Å²) in [4.78, 5) is 0. The van der Waals surface area contributed by atoms with Gasteiger partial charge >= 0.3 is 0 Å². The maximum absolute atomic E-state index is 2.45. The summed E-state index contributed by atoms with van der Waals surface area (Å²) in [5.74, 6) is 0. The number of benzene rings is 3. The lowest BCUT2D eigenvalue weighted by atomic mass is 9.73. The second-order valence-electron chi connectivity index (χ2n) is 13.3. The molecule has 0 heteroatoms. The van der Waals surface area contributed by atoms with Crippen LogP contribution in [-0.4, -0.2) is 0 Å². The Labute approximate surface area is 192 Å². The van der Waals surface area contributed by atoms with Crippen molar-refractivity contribution in [2.24, 2.45) is 0 Å². The highest BCUT2D eigenvalue weighted by molar-refractivity contribution is 5.99. The summed E-state index contributed by atoms with van der Waals surface area (Å²) in [7, 11) is 0. The van der Waals surface area contributed by atoms with E-state index in [-0.39, 0.29) is 29.1 Å². The van der Waals surface area contributed by atoms with E-state index in [1.165, 1.54) is 43.8 Å². The second-order valence-corrected chi connectivity index (χ2v) is 13.3. The van der Waals surface area contributed by atoms with Gasteiger partial charge in [0.1, 0.15) is 0 Å². The van der Waals surface area contributed by atoms with Crippen molar-refractivity contribution in [3.63, 3.8) is 0 Å². The van der Waals surface area contributed by atoms with Crippen molar-refractivity contribution < 1.29 is 0 Å². The predicted molar refractivity (Wildman–Crippen MR) is 143 cm³/mol. The Hall–Kier alpha value is -1.82. The maximum atomic E-state index is 2.45. The molecular formula is C31H46. The molecule has 0 aliphatic carbocycles. The van der Waals surface area contributed by atoms with Crippen molar-refractivity contribution in [3.8, 4) is 0 Å². The van der Waals surface area contributed by atoms with Crippen LogP contribution < -0.4 is 0 Å². The number of hydrogen-bond acceptors (Lipinski definition) is 0. The second kappa shape index (κ2) is 7.65. The van der Waals surface area contributed by atoms with Crippen LogP contribution >= 0.6 is 0 Å². The Bertz CT molecular complexity index is 921. The molecule has 0 saturated carbocycles. The van der Waals surface area contributed by atoms with E-state index < -0.39 is 0 Å². The quantitative estimate of drug-likeness (QED) is 0.319. The minimum atomic E-state index is 0. The van der Waals surface area contributed by atoms with Gasteiger partial charge in [0.15, 0.2) is 0 Å². The van der Waals surface area contributed by atoms with E-state index in [4.69, 9.17) is 0 Å². The number of rotatable bonds is 0. The van der Waals surface area contributed by atoms with Gasteiger partial charge in [0.25, 0.3) is 0 Å². The van der Waals surface area contributed by atoms with Gasteiger partial charge < -0.3 is 0 Å². The molecule has 0 aliphatic heterocycles. The van der Waals surface area contributed by atoms with Crippen molar-refractivity contribution in [2.45, 2.75) is 112 Å². The maximum Gasteiger partial charge on any atom is -0.0129 e. The summed E-state index contributed by atoms with van der Waals surface area (Å²) >= 11 is 0. The van der Waals surface area contributed by atoms with E-state index in [9.17, 15) is 0 Å². The van der Waals surface area contributed by atoms with Crippen molar-refractivity contribution in [2.75, 3.05) is 0 Å². The molecule has 0 spiro atoms. The van der Waals surface area contributed by atoms with Gasteiger partial charge in [0.2, 0.25) is 0 Å². The molecule has 0 unspecified atom stereocenters. The number of hydrogen-bond donors (Lipinski definition) is 0. The standard InChI is InChI=1S/C30H42.CH4/c1-27(2,3)23-15-19-13-21-17-25(29(7,8)9)26(30(10,11)12)18-22(21)14-20(19)16-24(23)28(4,5)6;/h13-18H,1-12H3;1H4. The SMILES string of the molecule is C.CC(C)(C)c1cc2cc3cc(C(C)(C)C)c(C(C)(C)C)cc3cc2cc1C(C)(C)C. The van der Waals surface area contributed by atoms with E-state index in [0.717, 1.165) is 0 Å². The van der Waals surface area contributed by atoms with Gasteiger partial charge in [-0.25, -0.2) is 0 Å². The Morgan fingerprint density at radius 1 is 0.323 bits per heavy atom. The molecule has 0 amide bonds. The minimum Gasteiger partial charge on any atom is -0.0776 e. The molecule has 3 rings (SSSR count). The Balaban J connectivity index is 0.00000341. The van der Waals surface area contributed by atoms with Gasteiger partial charge in [-0.2, -0.15) is 0 Å². The fraction of sp³-hybridized carbons (Fsp3) is 0.548. The summed E-state index contributed by atoms with van der Waals surface area (Å²) in [5, 5.41) is 5.40. The van der Waals surface area contributed by atoms with E-state index in [1.807, 2.05) is 0 Å². The zero-order valence-electron chi connectivity index (χ0n) is 21.5. The van der Waals surface area contributed by atoms with E-state index in [2.05, 4.69) is 119 Å². The van der Waals surface area contributed by atoms with Crippen molar-refractivity contribution in [1.29, 1.82) is 0 Å². The summed E-state index contributed by atoms with van der Waals surface area (Å²) < 4.78 is 0. The van der Waals surface area contributed by atoms with E-state index in [0.29, 0.717) is 0 Å². The highest BCUT2D eigenvalue weighted by Crippen LogP contribution is 2.40. The molecule has 3 aromatic rings. The van der Waals surface area contributed by atoms with Gasteiger partial charge in [-0.05, 0) is 77.6 Å². The summed E-state index contributed by atoms with van der Waals surface area (Å²) in [6.45, 7) is 28.0. The van der Waals surface area contributed by atoms with Crippen LogP contribution in [0.1, 0.15) is 113 Å². The zero-order chi connectivity index (χ0) is 22.9. The molecule has 3 aromatic carbocycles. The van der Waals surface area contributed by atoms with Gasteiger partial charge in [-0.1, -0.05) is 115 Å². The highest BCUT2D eigenvalue weighted by atomic mass is 14.3.